The van der Waals surface area contributed by atoms with Gasteiger partial charge in [0.2, 0.25) is 0 Å². The minimum absolute atomic E-state index is 0. The lowest BCUT2D eigenvalue weighted by atomic mass is 10.1. The quantitative estimate of drug-likeness (QED) is 0.0719. The van der Waals surface area contributed by atoms with E-state index in [0.29, 0.717) is 39.3 Å². The van der Waals surface area contributed by atoms with Crippen LogP contribution >= 0.6 is 0 Å². The van der Waals surface area contributed by atoms with E-state index in [1.54, 1.807) is 25.7 Å². The Morgan fingerprint density at radius 3 is 2.32 bits per heavy atom. The van der Waals surface area contributed by atoms with E-state index in [4.69, 9.17) is 30.4 Å². The second-order valence-corrected chi connectivity index (χ2v) is 9.24. The van der Waals surface area contributed by atoms with E-state index in [1.807, 2.05) is 0 Å². The van der Waals surface area contributed by atoms with Crippen LogP contribution in [0.15, 0.2) is 24.3 Å². The van der Waals surface area contributed by atoms with Gasteiger partial charge in [-0.25, -0.2) is 14.4 Å². The first-order valence-corrected chi connectivity index (χ1v) is 11.9. The van der Waals surface area contributed by atoms with Gasteiger partial charge in [-0.2, -0.15) is 0 Å². The van der Waals surface area contributed by atoms with Crippen LogP contribution in [0.2, 0.25) is 0 Å². The van der Waals surface area contributed by atoms with Crippen molar-refractivity contribution in [1.29, 1.82) is 0 Å². The lowest BCUT2D eigenvalue weighted by Crippen LogP contribution is -3.00. The van der Waals surface area contributed by atoms with Gasteiger partial charge >= 0.3 is 24.0 Å². The second kappa shape index (κ2) is 15.6. The maximum Gasteiger partial charge on any atom is 0.408 e. The molecule has 1 aliphatic heterocycles. The molecule has 1 heterocycles. The summed E-state index contributed by atoms with van der Waals surface area (Å²) >= 11 is 0. The number of benzene rings is 1. The normalized spacial score (nSPS) is 13.8. The molecule has 0 unspecified atom stereocenters. The van der Waals surface area contributed by atoms with Crippen molar-refractivity contribution in [3.8, 4) is 5.75 Å². The molecule has 1 fully saturated rings. The molecule has 212 valence electrons. The van der Waals surface area contributed by atoms with Gasteiger partial charge < -0.3 is 41.6 Å². The SMILES string of the molecule is CC(C)(C)OC(=O)N[C@@H](CCC[NH+]=C(N)N)C(=O)Oc1ccc(C(=O)OCC(=O)N2CCOCC2)cc1.[Cl-]. The molecule has 1 saturated heterocycles. The summed E-state index contributed by atoms with van der Waals surface area (Å²) in [5.74, 6) is -1.51. The van der Waals surface area contributed by atoms with Crippen molar-refractivity contribution in [3.63, 3.8) is 0 Å². The number of halogens is 1. The number of hydrogen-bond donors (Lipinski definition) is 4. The Bertz CT molecular complexity index is 971. The summed E-state index contributed by atoms with van der Waals surface area (Å²) < 4.78 is 20.9. The molecule has 0 saturated carbocycles. The number of ether oxygens (including phenoxy) is 4. The highest BCUT2D eigenvalue weighted by Crippen LogP contribution is 2.15. The number of nitrogens with one attached hydrogen (secondary N) is 2. The zero-order valence-electron chi connectivity index (χ0n) is 21.8. The Morgan fingerprint density at radius 2 is 1.74 bits per heavy atom. The Balaban J connectivity index is 0.00000722. The molecule has 1 aromatic rings. The van der Waals surface area contributed by atoms with E-state index in [0.717, 1.165) is 0 Å². The molecular formula is C24H36ClN5O8. The minimum Gasteiger partial charge on any atom is -1.00 e. The van der Waals surface area contributed by atoms with Crippen LogP contribution in [0, 0.1) is 0 Å². The van der Waals surface area contributed by atoms with E-state index >= 15 is 0 Å². The summed E-state index contributed by atoms with van der Waals surface area (Å²) in [6.07, 6.45) is -0.0986. The van der Waals surface area contributed by atoms with Crippen molar-refractivity contribution in [2.45, 2.75) is 45.3 Å². The molecule has 1 aromatic carbocycles. The molecule has 6 N–H and O–H groups in total. The first-order valence-electron chi connectivity index (χ1n) is 11.9. The largest absolute Gasteiger partial charge is 1.00 e. The molecule has 1 atom stereocenters. The number of carbonyl (C=O) groups excluding carboxylic acids is 4. The zero-order chi connectivity index (χ0) is 27.4. The fraction of sp³-hybridized carbons (Fsp3) is 0.542. The van der Waals surface area contributed by atoms with Crippen LogP contribution in [0.3, 0.4) is 0 Å². The highest BCUT2D eigenvalue weighted by atomic mass is 35.5. The number of morpholine rings is 1. The van der Waals surface area contributed by atoms with Crippen molar-refractivity contribution < 1.29 is 55.5 Å². The van der Waals surface area contributed by atoms with Crippen molar-refractivity contribution in [2.24, 2.45) is 11.5 Å². The summed E-state index contributed by atoms with van der Waals surface area (Å²) in [6.45, 7) is 6.92. The van der Waals surface area contributed by atoms with Gasteiger partial charge in [0, 0.05) is 13.1 Å². The maximum absolute atomic E-state index is 12.8. The average molecular weight is 558 g/mol. The van der Waals surface area contributed by atoms with E-state index in [2.05, 4.69) is 10.3 Å². The highest BCUT2D eigenvalue weighted by molar-refractivity contribution is 5.91. The number of esters is 2. The van der Waals surface area contributed by atoms with Crippen LogP contribution in [0.1, 0.15) is 44.0 Å². The van der Waals surface area contributed by atoms with E-state index in [9.17, 15) is 19.2 Å². The van der Waals surface area contributed by atoms with Gasteiger partial charge in [-0.05, 0) is 57.9 Å². The summed E-state index contributed by atoms with van der Waals surface area (Å²) in [5, 5.41) is 2.51. The van der Waals surface area contributed by atoms with E-state index < -0.39 is 29.7 Å². The summed E-state index contributed by atoms with van der Waals surface area (Å²) in [7, 11) is 0. The second-order valence-electron chi connectivity index (χ2n) is 9.24. The topological polar surface area (TPSA) is 186 Å². The van der Waals surface area contributed by atoms with Gasteiger partial charge in [0.15, 0.2) is 6.61 Å². The Morgan fingerprint density at radius 1 is 1.11 bits per heavy atom. The zero-order valence-corrected chi connectivity index (χ0v) is 22.5. The summed E-state index contributed by atoms with van der Waals surface area (Å²) in [6, 6.07) is 4.63. The van der Waals surface area contributed by atoms with Crippen LogP contribution in [-0.2, 0) is 23.8 Å². The molecule has 1 aliphatic rings. The van der Waals surface area contributed by atoms with Crippen molar-refractivity contribution in [3.05, 3.63) is 29.8 Å². The summed E-state index contributed by atoms with van der Waals surface area (Å²) in [5.41, 5.74) is 10.2. The number of alkyl carbamates (subject to hydrolysis) is 1. The lowest BCUT2D eigenvalue weighted by molar-refractivity contribution is -0.459. The smallest absolute Gasteiger partial charge is 0.408 e. The van der Waals surface area contributed by atoms with Crippen molar-refractivity contribution in [2.75, 3.05) is 39.5 Å². The predicted molar refractivity (Wildman–Crippen MR) is 131 cm³/mol. The predicted octanol–water partition coefficient (Wildman–Crippen LogP) is -4.36. The molecule has 13 nitrogen and oxygen atoms in total. The van der Waals surface area contributed by atoms with Crippen LogP contribution < -0.4 is 38.9 Å². The Labute approximate surface area is 227 Å². The van der Waals surface area contributed by atoms with Gasteiger partial charge in [-0.15, -0.1) is 0 Å². The minimum atomic E-state index is -1.01. The molecule has 0 bridgehead atoms. The van der Waals surface area contributed by atoms with E-state index in [-0.39, 0.29) is 48.6 Å². The number of carbonyl (C=O) groups is 4. The fourth-order valence-corrected chi connectivity index (χ4v) is 3.20. The average Bonchev–Trinajstić information content (AvgIpc) is 2.83. The standard InChI is InChI=1S/C24H35N5O8.ClH/c1-24(2,3)37-23(33)28-18(5-4-10-27-22(25)26)21(32)36-17-8-6-16(7-9-17)20(31)35-15-19(30)29-11-13-34-14-12-29;/h6-9,18H,4-5,10-15H2,1-3H3,(H,28,33)(H4,25,26,27);1H/t18-;/m0./s1. The van der Waals surface area contributed by atoms with Gasteiger partial charge in [-0.1, -0.05) is 0 Å². The van der Waals surface area contributed by atoms with E-state index in [1.165, 1.54) is 24.3 Å². The van der Waals surface area contributed by atoms with Gasteiger partial charge in [0.05, 0.1) is 25.3 Å². The molecule has 2 rings (SSSR count). The third kappa shape index (κ3) is 12.1. The molecule has 0 aliphatic carbocycles. The fourth-order valence-electron chi connectivity index (χ4n) is 3.20. The summed E-state index contributed by atoms with van der Waals surface area (Å²) in [4.78, 5) is 53.7. The third-order valence-electron chi connectivity index (χ3n) is 4.97. The molecular weight excluding hydrogens is 522 g/mol. The Hall–Kier alpha value is -3.58. The highest BCUT2D eigenvalue weighted by Gasteiger charge is 2.26. The maximum atomic E-state index is 12.8. The first kappa shape index (κ1) is 32.4. The number of rotatable bonds is 10. The number of hydrogen-bond acceptors (Lipinski definition) is 8. The van der Waals surface area contributed by atoms with Gasteiger partial charge in [0.25, 0.3) is 5.91 Å². The van der Waals surface area contributed by atoms with Crippen LogP contribution in [0.25, 0.3) is 0 Å². The molecule has 38 heavy (non-hydrogen) atoms. The van der Waals surface area contributed by atoms with Crippen molar-refractivity contribution in [1.82, 2.24) is 10.2 Å². The van der Waals surface area contributed by atoms with Crippen LogP contribution in [-0.4, -0.2) is 85.9 Å². The molecule has 0 radical (unpaired) electrons. The monoisotopic (exact) mass is 557 g/mol. The van der Waals surface area contributed by atoms with Crippen molar-refractivity contribution >= 4 is 29.9 Å². The number of nitrogens with two attached hydrogens (primary N) is 2. The number of guanidine groups is 1. The number of amides is 2. The van der Waals surface area contributed by atoms with Crippen LogP contribution in [0.4, 0.5) is 4.79 Å². The molecule has 14 heteroatoms. The number of nitrogens with zero attached hydrogens (tertiary/aromatic N) is 1. The van der Waals surface area contributed by atoms with Gasteiger partial charge in [-0.3, -0.25) is 21.3 Å². The Kier molecular flexibility index (Phi) is 13.3. The molecule has 0 spiro atoms. The molecule has 0 aromatic heterocycles. The third-order valence-corrected chi connectivity index (χ3v) is 4.97. The van der Waals surface area contributed by atoms with Gasteiger partial charge in [0.1, 0.15) is 17.4 Å². The first-order chi connectivity index (χ1) is 17.4. The molecule has 2 amide bonds. The van der Waals surface area contributed by atoms with Crippen LogP contribution in [0.5, 0.6) is 5.75 Å². The lowest BCUT2D eigenvalue weighted by Gasteiger charge is -2.26.